The molecule has 8 heteroatoms. The predicted molar refractivity (Wildman–Crippen MR) is 86.5 cm³/mol. The number of ketones is 1. The van der Waals surface area contributed by atoms with Gasteiger partial charge in [-0.05, 0) is 31.9 Å². The summed E-state index contributed by atoms with van der Waals surface area (Å²) in [7, 11) is 0. The summed E-state index contributed by atoms with van der Waals surface area (Å²) in [6.45, 7) is 0.409. The summed E-state index contributed by atoms with van der Waals surface area (Å²) < 4.78 is 44.6. The maximum atomic E-state index is 13.2. The molecule has 0 spiro atoms. The Balaban J connectivity index is 2.17. The highest BCUT2D eigenvalue weighted by molar-refractivity contribution is 5.97. The molecule has 1 fully saturated rings. The molecule has 0 unspecified atom stereocenters. The zero-order chi connectivity index (χ0) is 19.4. The number of nitrogens with zero attached hydrogens (tertiary/aromatic N) is 1. The van der Waals surface area contributed by atoms with Crippen LogP contribution in [-0.2, 0) is 11.0 Å². The number of para-hydroxylation sites is 1. The lowest BCUT2D eigenvalue weighted by atomic mass is 9.83. The monoisotopic (exact) mass is 368 g/mol. The Labute approximate surface area is 149 Å². The number of nitrogens with one attached hydrogen (secondary N) is 1. The van der Waals surface area contributed by atoms with Gasteiger partial charge in [-0.3, -0.25) is 9.59 Å². The number of amides is 1. The molecule has 1 saturated carbocycles. The van der Waals surface area contributed by atoms with E-state index < -0.39 is 41.3 Å². The second kappa shape index (κ2) is 7.77. The Morgan fingerprint density at radius 1 is 1.27 bits per heavy atom. The van der Waals surface area contributed by atoms with Crippen molar-refractivity contribution in [1.82, 2.24) is 5.32 Å². The van der Waals surface area contributed by atoms with Gasteiger partial charge in [0.05, 0.1) is 17.2 Å². The predicted octanol–water partition coefficient (Wildman–Crippen LogP) is 3.63. The van der Waals surface area contributed by atoms with Crippen molar-refractivity contribution in [2.24, 2.45) is 0 Å². The van der Waals surface area contributed by atoms with E-state index in [1.165, 1.54) is 6.07 Å². The van der Waals surface area contributed by atoms with Crippen LogP contribution in [0.25, 0.3) is 0 Å². The number of carbonyl (C=O) groups is 2. The van der Waals surface area contributed by atoms with Crippen molar-refractivity contribution >= 4 is 11.7 Å². The third-order valence-corrected chi connectivity index (χ3v) is 4.35. The molecule has 1 aliphatic carbocycles. The molecule has 0 saturated heterocycles. The molecule has 2 rings (SSSR count). The number of alkyl halides is 3. The van der Waals surface area contributed by atoms with Crippen molar-refractivity contribution in [3.63, 3.8) is 0 Å². The number of carbonyl (C=O) groups excluding carboxylic acids is 2. The van der Waals surface area contributed by atoms with E-state index in [-0.39, 0.29) is 5.56 Å². The summed E-state index contributed by atoms with van der Waals surface area (Å²) in [4.78, 5) is 23.8. The maximum Gasteiger partial charge on any atom is 0.419 e. The van der Waals surface area contributed by atoms with Gasteiger partial charge in [0.15, 0.2) is 12.4 Å². The van der Waals surface area contributed by atoms with Crippen LogP contribution in [0.4, 0.5) is 13.2 Å². The molecular weight excluding hydrogens is 349 g/mol. The van der Waals surface area contributed by atoms with Crippen LogP contribution in [0.2, 0.25) is 0 Å². The van der Waals surface area contributed by atoms with Crippen molar-refractivity contribution in [3.05, 3.63) is 29.3 Å². The van der Waals surface area contributed by atoms with E-state index >= 15 is 0 Å². The van der Waals surface area contributed by atoms with Crippen LogP contribution in [0.15, 0.2) is 18.2 Å². The van der Waals surface area contributed by atoms with Gasteiger partial charge in [0, 0.05) is 0 Å². The fourth-order valence-electron chi connectivity index (χ4n) is 3.05. The van der Waals surface area contributed by atoms with Gasteiger partial charge in [-0.15, -0.1) is 0 Å². The number of halogens is 3. The summed E-state index contributed by atoms with van der Waals surface area (Å²) in [6.07, 6.45) is -1.19. The lowest BCUT2D eigenvalue weighted by molar-refractivity contribution is -0.139. The average Bonchev–Trinajstić information content (AvgIpc) is 2.59. The smallest absolute Gasteiger partial charge is 0.419 e. The summed E-state index contributed by atoms with van der Waals surface area (Å²) in [5.74, 6) is -1.97. The number of hydrogen-bond acceptors (Lipinski definition) is 4. The van der Waals surface area contributed by atoms with Gasteiger partial charge in [0.2, 0.25) is 0 Å². The molecule has 1 aliphatic rings. The number of rotatable bonds is 5. The second-order valence-electron chi connectivity index (χ2n) is 6.33. The molecule has 1 aromatic carbocycles. The SMILES string of the molecule is CC(=O)c1cccc(C(F)(F)F)c1OCC(=O)NC1(C#N)CCCCC1. The molecule has 1 amide bonds. The number of hydrogen-bond donors (Lipinski definition) is 1. The molecule has 0 radical (unpaired) electrons. The number of nitriles is 1. The summed E-state index contributed by atoms with van der Waals surface area (Å²) in [5, 5.41) is 11.9. The van der Waals surface area contributed by atoms with E-state index in [0.29, 0.717) is 12.8 Å². The first-order valence-electron chi connectivity index (χ1n) is 8.25. The standard InChI is InChI=1S/C18H19F3N2O3/c1-12(24)13-6-5-7-14(18(19,20)21)16(13)26-10-15(25)23-17(11-22)8-3-2-4-9-17/h5-7H,2-4,8-10H2,1H3,(H,23,25). The van der Waals surface area contributed by atoms with Crippen molar-refractivity contribution in [2.45, 2.75) is 50.7 Å². The quantitative estimate of drug-likeness (QED) is 0.805. The molecule has 0 heterocycles. The molecule has 1 N–H and O–H groups in total. The van der Waals surface area contributed by atoms with E-state index in [1.54, 1.807) is 0 Å². The Hall–Kier alpha value is -2.56. The van der Waals surface area contributed by atoms with Crippen molar-refractivity contribution in [2.75, 3.05) is 6.61 Å². The zero-order valence-corrected chi connectivity index (χ0v) is 14.3. The highest BCUT2D eigenvalue weighted by Crippen LogP contribution is 2.38. The van der Waals surface area contributed by atoms with Crippen LogP contribution in [0.3, 0.4) is 0 Å². The first-order valence-corrected chi connectivity index (χ1v) is 8.25. The maximum absolute atomic E-state index is 13.2. The van der Waals surface area contributed by atoms with Crippen LogP contribution >= 0.6 is 0 Å². The highest BCUT2D eigenvalue weighted by atomic mass is 19.4. The fourth-order valence-corrected chi connectivity index (χ4v) is 3.05. The average molecular weight is 368 g/mol. The van der Waals surface area contributed by atoms with Gasteiger partial charge >= 0.3 is 6.18 Å². The van der Waals surface area contributed by atoms with E-state index in [2.05, 4.69) is 11.4 Å². The van der Waals surface area contributed by atoms with Crippen LogP contribution in [0, 0.1) is 11.3 Å². The normalized spacial score (nSPS) is 16.4. The summed E-state index contributed by atoms with van der Waals surface area (Å²) >= 11 is 0. The lowest BCUT2D eigenvalue weighted by Crippen LogP contribution is -2.50. The van der Waals surface area contributed by atoms with Gasteiger partial charge in [0.25, 0.3) is 5.91 Å². The van der Waals surface area contributed by atoms with E-state index in [1.807, 2.05) is 0 Å². The van der Waals surface area contributed by atoms with Crippen molar-refractivity contribution in [1.29, 1.82) is 5.26 Å². The van der Waals surface area contributed by atoms with Crippen LogP contribution < -0.4 is 10.1 Å². The van der Waals surface area contributed by atoms with Gasteiger partial charge in [0.1, 0.15) is 11.3 Å². The number of ether oxygens (including phenoxy) is 1. The minimum absolute atomic E-state index is 0.250. The third-order valence-electron chi connectivity index (χ3n) is 4.35. The largest absolute Gasteiger partial charge is 0.482 e. The molecule has 0 atom stereocenters. The Morgan fingerprint density at radius 2 is 1.92 bits per heavy atom. The molecule has 1 aromatic rings. The molecule has 0 bridgehead atoms. The Morgan fingerprint density at radius 3 is 2.46 bits per heavy atom. The lowest BCUT2D eigenvalue weighted by Gasteiger charge is -2.31. The van der Waals surface area contributed by atoms with Crippen molar-refractivity contribution in [3.8, 4) is 11.8 Å². The van der Waals surface area contributed by atoms with Crippen molar-refractivity contribution < 1.29 is 27.5 Å². The third kappa shape index (κ3) is 4.54. The van der Waals surface area contributed by atoms with Gasteiger partial charge in [-0.25, -0.2) is 0 Å². The highest BCUT2D eigenvalue weighted by Gasteiger charge is 2.37. The molecule has 140 valence electrons. The molecule has 5 nitrogen and oxygen atoms in total. The number of Topliss-reactive ketones (excluding diaryl/α,β-unsaturated/α-hetero) is 1. The number of benzene rings is 1. The topological polar surface area (TPSA) is 79.2 Å². The van der Waals surface area contributed by atoms with Crippen LogP contribution in [0.1, 0.15) is 54.9 Å². The minimum Gasteiger partial charge on any atom is -0.482 e. The van der Waals surface area contributed by atoms with Gasteiger partial charge < -0.3 is 10.1 Å². The van der Waals surface area contributed by atoms with Gasteiger partial charge in [-0.1, -0.05) is 25.3 Å². The van der Waals surface area contributed by atoms with E-state index in [9.17, 15) is 28.0 Å². The molecule has 0 aromatic heterocycles. The fraction of sp³-hybridized carbons (Fsp3) is 0.500. The van der Waals surface area contributed by atoms with Gasteiger partial charge in [-0.2, -0.15) is 18.4 Å². The first-order chi connectivity index (χ1) is 12.2. The van der Waals surface area contributed by atoms with Crippen LogP contribution in [-0.4, -0.2) is 23.8 Å². The molecular formula is C18H19F3N2O3. The minimum atomic E-state index is -4.73. The Kier molecular flexibility index (Phi) is 5.90. The molecule has 0 aliphatic heterocycles. The second-order valence-corrected chi connectivity index (χ2v) is 6.33. The summed E-state index contributed by atoms with van der Waals surface area (Å²) in [5.41, 5.74) is -2.38. The van der Waals surface area contributed by atoms with Crippen LogP contribution in [0.5, 0.6) is 5.75 Å². The van der Waals surface area contributed by atoms with E-state index in [4.69, 9.17) is 4.74 Å². The Bertz CT molecular complexity index is 732. The summed E-state index contributed by atoms with van der Waals surface area (Å²) in [6, 6.07) is 5.20. The molecule has 26 heavy (non-hydrogen) atoms. The first kappa shape index (κ1) is 19.8. The zero-order valence-electron chi connectivity index (χ0n) is 14.3. The van der Waals surface area contributed by atoms with E-state index in [0.717, 1.165) is 38.3 Å².